The van der Waals surface area contributed by atoms with E-state index in [1.807, 2.05) is 0 Å². The number of carbonyl (C=O) groups excluding carboxylic acids is 2. The van der Waals surface area contributed by atoms with Crippen LogP contribution in [0.2, 0.25) is 0 Å². The number of fused-ring (bicyclic) bond motifs is 1. The number of aliphatic hydroxyl groups excluding tert-OH is 1. The van der Waals surface area contributed by atoms with Gasteiger partial charge in [-0.15, -0.1) is 11.8 Å². The molecule has 2 saturated heterocycles. The van der Waals surface area contributed by atoms with Crippen molar-refractivity contribution in [1.82, 2.24) is 5.32 Å². The second-order valence-corrected chi connectivity index (χ2v) is 3.88. The van der Waals surface area contributed by atoms with Crippen molar-refractivity contribution in [2.75, 3.05) is 5.75 Å². The van der Waals surface area contributed by atoms with Gasteiger partial charge in [0.25, 0.3) is 0 Å². The van der Waals surface area contributed by atoms with E-state index in [-0.39, 0.29) is 17.1 Å². The molecule has 0 spiro atoms. The van der Waals surface area contributed by atoms with Crippen molar-refractivity contribution in [3.05, 3.63) is 0 Å². The second-order valence-electron chi connectivity index (χ2n) is 2.70. The summed E-state index contributed by atoms with van der Waals surface area (Å²) in [6.07, 6.45) is -0.642. The molecule has 2 aliphatic rings. The maximum Gasteiger partial charge on any atom is 0.240 e. The molecule has 0 bridgehead atoms. The molecule has 2 amide bonds. The van der Waals surface area contributed by atoms with Crippen LogP contribution in [0.1, 0.15) is 0 Å². The van der Waals surface area contributed by atoms with Crippen molar-refractivity contribution in [3.63, 3.8) is 0 Å². The average Bonchev–Trinajstić information content (AvgIpc) is 2.41. The fourth-order valence-electron chi connectivity index (χ4n) is 1.44. The van der Waals surface area contributed by atoms with Gasteiger partial charge in [0.1, 0.15) is 0 Å². The molecule has 0 unspecified atom stereocenters. The Bertz CT molecular complexity index is 230. The predicted octanol–water partition coefficient (Wildman–Crippen LogP) is -1.26. The lowest BCUT2D eigenvalue weighted by molar-refractivity contribution is -0.126. The number of thioether (sulfide) groups is 1. The summed E-state index contributed by atoms with van der Waals surface area (Å²) in [6, 6.07) is 0. The van der Waals surface area contributed by atoms with Gasteiger partial charge in [0.2, 0.25) is 11.8 Å². The lowest BCUT2D eigenvalue weighted by atomic mass is 10.0. The molecule has 60 valence electrons. The summed E-state index contributed by atoms with van der Waals surface area (Å²) >= 11 is 1.35. The number of imide groups is 1. The molecule has 2 heterocycles. The van der Waals surface area contributed by atoms with Crippen LogP contribution in [0.3, 0.4) is 0 Å². The number of hydrogen-bond acceptors (Lipinski definition) is 4. The van der Waals surface area contributed by atoms with Crippen LogP contribution in [-0.4, -0.2) is 34.0 Å². The molecule has 4 nitrogen and oxygen atoms in total. The summed E-state index contributed by atoms with van der Waals surface area (Å²) < 4.78 is 0. The van der Waals surface area contributed by atoms with E-state index >= 15 is 0 Å². The molecule has 0 saturated carbocycles. The molecule has 3 atom stereocenters. The maximum atomic E-state index is 11.0. The standard InChI is InChI=1S/C6H7NO3S/c8-2-1-11-4-3(2)5(9)7-6(4)10/h2-4,8H,1H2,(H,7,9,10)/t2-,3+,4+/m0/s1. The third kappa shape index (κ3) is 0.877. The molecule has 2 N–H and O–H groups in total. The third-order valence-corrected chi connectivity index (χ3v) is 3.40. The molecular weight excluding hydrogens is 166 g/mol. The minimum Gasteiger partial charge on any atom is -0.391 e. The quantitative estimate of drug-likeness (QED) is 0.448. The van der Waals surface area contributed by atoms with Crippen molar-refractivity contribution in [2.24, 2.45) is 5.92 Å². The summed E-state index contributed by atoms with van der Waals surface area (Å²) in [5.41, 5.74) is 0. The highest BCUT2D eigenvalue weighted by atomic mass is 32.2. The number of rotatable bonds is 0. The van der Waals surface area contributed by atoms with Gasteiger partial charge in [-0.25, -0.2) is 0 Å². The summed E-state index contributed by atoms with van der Waals surface area (Å²) in [7, 11) is 0. The molecule has 0 aromatic rings. The highest BCUT2D eigenvalue weighted by Crippen LogP contribution is 2.35. The Morgan fingerprint density at radius 2 is 2.18 bits per heavy atom. The van der Waals surface area contributed by atoms with Crippen LogP contribution in [0.15, 0.2) is 0 Å². The zero-order valence-electron chi connectivity index (χ0n) is 5.61. The van der Waals surface area contributed by atoms with Gasteiger partial charge in [0.15, 0.2) is 0 Å². The van der Waals surface area contributed by atoms with Crippen molar-refractivity contribution in [3.8, 4) is 0 Å². The average molecular weight is 173 g/mol. The van der Waals surface area contributed by atoms with Crippen LogP contribution in [0.5, 0.6) is 0 Å². The first-order valence-corrected chi connectivity index (χ1v) is 4.39. The van der Waals surface area contributed by atoms with Crippen LogP contribution in [0, 0.1) is 5.92 Å². The molecule has 0 aliphatic carbocycles. The van der Waals surface area contributed by atoms with Gasteiger partial charge in [-0.05, 0) is 0 Å². The van der Waals surface area contributed by atoms with Gasteiger partial charge in [-0.3, -0.25) is 14.9 Å². The van der Waals surface area contributed by atoms with Crippen molar-refractivity contribution < 1.29 is 14.7 Å². The topological polar surface area (TPSA) is 66.4 Å². The number of carbonyl (C=O) groups is 2. The zero-order chi connectivity index (χ0) is 8.01. The van der Waals surface area contributed by atoms with Crippen molar-refractivity contribution in [2.45, 2.75) is 11.4 Å². The van der Waals surface area contributed by atoms with E-state index in [9.17, 15) is 14.7 Å². The van der Waals surface area contributed by atoms with Crippen LogP contribution in [0.25, 0.3) is 0 Å². The van der Waals surface area contributed by atoms with Crippen LogP contribution in [-0.2, 0) is 9.59 Å². The summed E-state index contributed by atoms with van der Waals surface area (Å²) in [4.78, 5) is 21.9. The fraction of sp³-hybridized carbons (Fsp3) is 0.667. The zero-order valence-corrected chi connectivity index (χ0v) is 6.43. The van der Waals surface area contributed by atoms with E-state index in [1.54, 1.807) is 0 Å². The molecule has 2 rings (SSSR count). The van der Waals surface area contributed by atoms with Gasteiger partial charge in [0.05, 0.1) is 17.3 Å². The second kappa shape index (κ2) is 2.22. The largest absolute Gasteiger partial charge is 0.391 e. The number of nitrogens with one attached hydrogen (secondary N) is 1. The molecule has 5 heteroatoms. The minimum atomic E-state index is -0.642. The van der Waals surface area contributed by atoms with Crippen LogP contribution < -0.4 is 5.32 Å². The first kappa shape index (κ1) is 7.12. The van der Waals surface area contributed by atoms with E-state index in [2.05, 4.69) is 5.32 Å². The first-order chi connectivity index (χ1) is 5.20. The Balaban J connectivity index is 2.28. The van der Waals surface area contributed by atoms with Crippen LogP contribution in [0.4, 0.5) is 0 Å². The highest BCUT2D eigenvalue weighted by molar-refractivity contribution is 8.01. The maximum absolute atomic E-state index is 11.0. The van der Waals surface area contributed by atoms with E-state index in [0.29, 0.717) is 5.75 Å². The normalized spacial score (nSPS) is 42.5. The third-order valence-electron chi connectivity index (χ3n) is 1.99. The van der Waals surface area contributed by atoms with Crippen molar-refractivity contribution in [1.29, 1.82) is 0 Å². The number of amides is 2. The smallest absolute Gasteiger partial charge is 0.240 e. The Kier molecular flexibility index (Phi) is 1.43. The SMILES string of the molecule is O=C1NC(=O)[C@@H]2SC[C@H](O)[C@@H]12. The lowest BCUT2D eigenvalue weighted by Gasteiger charge is -2.05. The first-order valence-electron chi connectivity index (χ1n) is 3.34. The predicted molar refractivity (Wildman–Crippen MR) is 38.9 cm³/mol. The molecule has 2 aliphatic heterocycles. The molecule has 0 aromatic heterocycles. The van der Waals surface area contributed by atoms with Crippen molar-refractivity contribution >= 4 is 23.6 Å². The number of hydrogen-bond donors (Lipinski definition) is 2. The van der Waals surface area contributed by atoms with Gasteiger partial charge in [-0.1, -0.05) is 0 Å². The highest BCUT2D eigenvalue weighted by Gasteiger charge is 2.50. The van der Waals surface area contributed by atoms with E-state index in [1.165, 1.54) is 11.8 Å². The van der Waals surface area contributed by atoms with E-state index in [4.69, 9.17) is 0 Å². The summed E-state index contributed by atoms with van der Waals surface area (Å²) in [5.74, 6) is -0.569. The van der Waals surface area contributed by atoms with Gasteiger partial charge >= 0.3 is 0 Å². The van der Waals surface area contributed by atoms with Gasteiger partial charge in [-0.2, -0.15) is 0 Å². The Morgan fingerprint density at radius 3 is 2.82 bits per heavy atom. The molecule has 2 fully saturated rings. The summed E-state index contributed by atoms with van der Waals surface area (Å²) in [5, 5.41) is 11.1. The molecule has 0 aromatic carbocycles. The monoisotopic (exact) mass is 173 g/mol. The minimum absolute atomic E-state index is 0.249. The number of aliphatic hydroxyl groups is 1. The van der Waals surface area contributed by atoms with E-state index in [0.717, 1.165) is 0 Å². The Hall–Kier alpha value is -0.550. The van der Waals surface area contributed by atoms with E-state index < -0.39 is 12.0 Å². The van der Waals surface area contributed by atoms with Gasteiger partial charge < -0.3 is 5.11 Å². The van der Waals surface area contributed by atoms with Crippen LogP contribution >= 0.6 is 11.8 Å². The molecule has 11 heavy (non-hydrogen) atoms. The molecule has 0 radical (unpaired) electrons. The Labute approximate surface area is 67.3 Å². The molecular formula is C6H7NO3S. The lowest BCUT2D eigenvalue weighted by Crippen LogP contribution is -2.29. The van der Waals surface area contributed by atoms with Gasteiger partial charge in [0, 0.05) is 5.75 Å². The Morgan fingerprint density at radius 1 is 1.45 bits per heavy atom. The fourth-order valence-corrected chi connectivity index (χ4v) is 2.77. The summed E-state index contributed by atoms with van der Waals surface area (Å²) in [6.45, 7) is 0.